The molecule has 5 heteroatoms. The second-order valence-corrected chi connectivity index (χ2v) is 4.28. The van der Waals surface area contributed by atoms with Gasteiger partial charge in [-0.2, -0.15) is 0 Å². The molecule has 0 saturated carbocycles. The van der Waals surface area contributed by atoms with Gasteiger partial charge in [0.05, 0.1) is 0 Å². The van der Waals surface area contributed by atoms with Gasteiger partial charge in [0, 0.05) is 11.4 Å². The first-order chi connectivity index (χ1) is 8.15. The lowest BCUT2D eigenvalue weighted by Crippen LogP contribution is -1.95. The second kappa shape index (κ2) is 4.97. The molecular weight excluding hydrogens is 243 g/mol. The van der Waals surface area contributed by atoms with E-state index in [1.54, 1.807) is 17.5 Å². The Balaban J connectivity index is 1.97. The molecule has 0 aliphatic heterocycles. The molecule has 1 aromatic carbocycles. The molecule has 0 bridgehead atoms. The summed E-state index contributed by atoms with van der Waals surface area (Å²) in [5, 5.41) is 10.4. The van der Waals surface area contributed by atoms with Crippen LogP contribution in [-0.4, -0.2) is 11.1 Å². The summed E-state index contributed by atoms with van der Waals surface area (Å²) >= 11 is 1.11. The van der Waals surface area contributed by atoms with Crippen molar-refractivity contribution < 1.29 is 19.0 Å². The highest BCUT2D eigenvalue weighted by Gasteiger charge is 2.07. The van der Waals surface area contributed by atoms with Crippen molar-refractivity contribution in [2.24, 2.45) is 0 Å². The van der Waals surface area contributed by atoms with Crippen LogP contribution in [0.3, 0.4) is 0 Å². The van der Waals surface area contributed by atoms with Crippen LogP contribution >= 0.6 is 11.3 Å². The fourth-order valence-corrected chi connectivity index (χ4v) is 1.92. The van der Waals surface area contributed by atoms with Crippen LogP contribution in [0.4, 0.5) is 4.39 Å². The number of ether oxygens (including phenoxy) is 1. The first-order valence-electron chi connectivity index (χ1n) is 4.84. The van der Waals surface area contributed by atoms with Crippen LogP contribution < -0.4 is 4.74 Å². The number of carboxylic acid groups (broad SMARTS) is 1. The van der Waals surface area contributed by atoms with Gasteiger partial charge in [0.1, 0.15) is 23.1 Å². The molecular formula is C12H9FO3S. The van der Waals surface area contributed by atoms with Gasteiger partial charge in [0.25, 0.3) is 0 Å². The van der Waals surface area contributed by atoms with Crippen molar-refractivity contribution in [3.8, 4) is 5.75 Å². The van der Waals surface area contributed by atoms with Gasteiger partial charge in [-0.15, -0.1) is 11.3 Å². The first kappa shape index (κ1) is 11.6. The zero-order valence-corrected chi connectivity index (χ0v) is 9.54. The molecule has 17 heavy (non-hydrogen) atoms. The molecule has 0 spiro atoms. The minimum atomic E-state index is -0.966. The average molecular weight is 252 g/mol. The van der Waals surface area contributed by atoms with Crippen molar-refractivity contribution in [3.63, 3.8) is 0 Å². The van der Waals surface area contributed by atoms with Gasteiger partial charge in [0.15, 0.2) is 0 Å². The summed E-state index contributed by atoms with van der Waals surface area (Å²) in [6, 6.07) is 7.43. The third-order valence-electron chi connectivity index (χ3n) is 2.10. The van der Waals surface area contributed by atoms with Crippen LogP contribution in [0.1, 0.15) is 15.2 Å². The molecule has 0 aliphatic carbocycles. The van der Waals surface area contributed by atoms with Gasteiger partial charge in [-0.25, -0.2) is 9.18 Å². The number of thiophene rings is 1. The number of rotatable bonds is 4. The van der Waals surface area contributed by atoms with Crippen molar-refractivity contribution in [2.75, 3.05) is 0 Å². The molecule has 2 rings (SSSR count). The van der Waals surface area contributed by atoms with E-state index < -0.39 is 5.97 Å². The van der Waals surface area contributed by atoms with Crippen molar-refractivity contribution >= 4 is 17.3 Å². The number of halogens is 1. The normalized spacial score (nSPS) is 10.2. The Bertz CT molecular complexity index is 519. The van der Waals surface area contributed by atoms with Gasteiger partial charge < -0.3 is 9.84 Å². The van der Waals surface area contributed by atoms with Crippen molar-refractivity contribution in [1.29, 1.82) is 0 Å². The number of carboxylic acids is 1. The molecule has 1 heterocycles. The standard InChI is InChI=1S/C12H9FO3S/c13-9-3-1-8(2-4-9)6-16-10-5-11(12(14)15)17-7-10/h1-5,7H,6H2,(H,14,15). The molecule has 0 radical (unpaired) electrons. The summed E-state index contributed by atoms with van der Waals surface area (Å²) < 4.78 is 18.0. The summed E-state index contributed by atoms with van der Waals surface area (Å²) in [5.41, 5.74) is 0.828. The van der Waals surface area contributed by atoms with E-state index in [2.05, 4.69) is 0 Å². The average Bonchev–Trinajstić information content (AvgIpc) is 2.77. The smallest absolute Gasteiger partial charge is 0.346 e. The summed E-state index contributed by atoms with van der Waals surface area (Å²) in [6.07, 6.45) is 0. The quantitative estimate of drug-likeness (QED) is 0.909. The molecule has 0 aliphatic rings. The van der Waals surface area contributed by atoms with E-state index in [0.717, 1.165) is 16.9 Å². The van der Waals surface area contributed by atoms with E-state index in [4.69, 9.17) is 9.84 Å². The van der Waals surface area contributed by atoms with Crippen molar-refractivity contribution in [2.45, 2.75) is 6.61 Å². The predicted octanol–water partition coefficient (Wildman–Crippen LogP) is 3.16. The fourth-order valence-electron chi connectivity index (χ4n) is 1.25. The van der Waals surface area contributed by atoms with E-state index in [1.165, 1.54) is 18.2 Å². The van der Waals surface area contributed by atoms with Gasteiger partial charge in [-0.3, -0.25) is 0 Å². The maximum atomic E-state index is 12.6. The predicted molar refractivity (Wildman–Crippen MR) is 62.0 cm³/mol. The van der Waals surface area contributed by atoms with Crippen molar-refractivity contribution in [3.05, 3.63) is 52.0 Å². The van der Waals surface area contributed by atoms with E-state index in [9.17, 15) is 9.18 Å². The summed E-state index contributed by atoms with van der Waals surface area (Å²) in [5.74, 6) is -0.749. The zero-order chi connectivity index (χ0) is 12.3. The second-order valence-electron chi connectivity index (χ2n) is 3.37. The number of benzene rings is 1. The van der Waals surface area contributed by atoms with Gasteiger partial charge >= 0.3 is 5.97 Å². The molecule has 0 saturated heterocycles. The Morgan fingerprint density at radius 1 is 1.35 bits per heavy atom. The molecule has 3 nitrogen and oxygen atoms in total. The number of hydrogen-bond donors (Lipinski definition) is 1. The summed E-state index contributed by atoms with van der Waals surface area (Å²) in [6.45, 7) is 0.288. The minimum Gasteiger partial charge on any atom is -0.488 e. The fraction of sp³-hybridized carbons (Fsp3) is 0.0833. The number of carbonyl (C=O) groups is 1. The van der Waals surface area contributed by atoms with Crippen LogP contribution in [0.15, 0.2) is 35.7 Å². The summed E-state index contributed by atoms with van der Waals surface area (Å²) in [7, 11) is 0. The number of hydrogen-bond acceptors (Lipinski definition) is 3. The first-order valence-corrected chi connectivity index (χ1v) is 5.72. The number of aromatic carboxylic acids is 1. The Labute approximate surface area is 101 Å². The molecule has 0 unspecified atom stereocenters. The Morgan fingerprint density at radius 2 is 2.06 bits per heavy atom. The van der Waals surface area contributed by atoms with Crippen molar-refractivity contribution in [1.82, 2.24) is 0 Å². The maximum absolute atomic E-state index is 12.6. The molecule has 1 N–H and O–H groups in total. The highest BCUT2D eigenvalue weighted by Crippen LogP contribution is 2.22. The van der Waals surface area contributed by atoms with Crippen LogP contribution in [0, 0.1) is 5.82 Å². The third-order valence-corrected chi connectivity index (χ3v) is 3.00. The maximum Gasteiger partial charge on any atom is 0.346 e. The lowest BCUT2D eigenvalue weighted by atomic mass is 10.2. The minimum absolute atomic E-state index is 0.235. The molecule has 0 atom stereocenters. The van der Waals surface area contributed by atoms with E-state index in [-0.39, 0.29) is 17.3 Å². The molecule has 0 amide bonds. The molecule has 2 aromatic rings. The largest absolute Gasteiger partial charge is 0.488 e. The van der Waals surface area contributed by atoms with E-state index >= 15 is 0 Å². The topological polar surface area (TPSA) is 46.5 Å². The molecule has 0 fully saturated rings. The van der Waals surface area contributed by atoms with Crippen LogP contribution in [0.5, 0.6) is 5.75 Å². The summed E-state index contributed by atoms with van der Waals surface area (Å²) in [4.78, 5) is 10.9. The van der Waals surface area contributed by atoms with Gasteiger partial charge in [-0.05, 0) is 17.7 Å². The van der Waals surface area contributed by atoms with Crippen LogP contribution in [0.2, 0.25) is 0 Å². The Morgan fingerprint density at radius 3 is 2.65 bits per heavy atom. The highest BCUT2D eigenvalue weighted by molar-refractivity contribution is 7.12. The Kier molecular flexibility index (Phi) is 3.39. The van der Waals surface area contributed by atoms with Gasteiger partial charge in [0.2, 0.25) is 0 Å². The SMILES string of the molecule is O=C(O)c1cc(OCc2ccc(F)cc2)cs1. The molecule has 1 aromatic heterocycles. The third kappa shape index (κ3) is 3.04. The zero-order valence-electron chi connectivity index (χ0n) is 8.72. The highest BCUT2D eigenvalue weighted by atomic mass is 32.1. The van der Waals surface area contributed by atoms with E-state index in [0.29, 0.717) is 5.75 Å². The lowest BCUT2D eigenvalue weighted by molar-refractivity contribution is 0.0702. The molecule has 88 valence electrons. The van der Waals surface area contributed by atoms with Crippen LogP contribution in [0.25, 0.3) is 0 Å². The lowest BCUT2D eigenvalue weighted by Gasteiger charge is -2.03. The Hall–Kier alpha value is -1.88. The van der Waals surface area contributed by atoms with Gasteiger partial charge in [-0.1, -0.05) is 12.1 Å². The monoisotopic (exact) mass is 252 g/mol. The van der Waals surface area contributed by atoms with Crippen LogP contribution in [-0.2, 0) is 6.61 Å². The van der Waals surface area contributed by atoms with E-state index in [1.807, 2.05) is 0 Å².